The Morgan fingerprint density at radius 3 is 2.43 bits per heavy atom. The molecule has 1 aliphatic rings. The Kier molecular flexibility index (Phi) is 4.67. The zero-order chi connectivity index (χ0) is 16.2. The van der Waals surface area contributed by atoms with Gasteiger partial charge in [0.2, 0.25) is 0 Å². The van der Waals surface area contributed by atoms with Crippen molar-refractivity contribution in [1.29, 1.82) is 0 Å². The smallest absolute Gasteiger partial charge is 0.251 e. The van der Waals surface area contributed by atoms with Gasteiger partial charge in [-0.25, -0.2) is 9.97 Å². The molecular formula is C18H22N4O. The molecule has 0 spiro atoms. The highest BCUT2D eigenvalue weighted by atomic mass is 16.1. The normalized spacial score (nSPS) is 15.4. The number of nitrogens with zero attached hydrogens (tertiary/aromatic N) is 3. The lowest BCUT2D eigenvalue weighted by molar-refractivity contribution is 0.0929. The molecule has 1 aromatic carbocycles. The minimum Gasteiger partial charge on any atom is -0.342 e. The van der Waals surface area contributed by atoms with Crippen molar-refractivity contribution in [2.24, 2.45) is 5.92 Å². The fourth-order valence-electron chi connectivity index (χ4n) is 2.65. The van der Waals surface area contributed by atoms with Gasteiger partial charge in [-0.05, 0) is 56.6 Å². The summed E-state index contributed by atoms with van der Waals surface area (Å²) in [6.07, 6.45) is 5.68. The van der Waals surface area contributed by atoms with E-state index in [-0.39, 0.29) is 11.9 Å². The third-order valence-electron chi connectivity index (χ3n) is 3.96. The van der Waals surface area contributed by atoms with E-state index in [0.29, 0.717) is 17.3 Å². The summed E-state index contributed by atoms with van der Waals surface area (Å²) in [4.78, 5) is 23.2. The van der Waals surface area contributed by atoms with E-state index in [1.165, 1.54) is 5.56 Å². The lowest BCUT2D eigenvalue weighted by Gasteiger charge is -2.17. The highest BCUT2D eigenvalue weighted by Gasteiger charge is 2.35. The molecule has 0 bridgehead atoms. The SMILES string of the molecule is CN(C)Cc1ccc(C(=O)NC(c2ncccn2)C2CC2)cc1. The van der Waals surface area contributed by atoms with Crippen LogP contribution in [-0.4, -0.2) is 34.9 Å². The van der Waals surface area contributed by atoms with Gasteiger partial charge in [-0.15, -0.1) is 0 Å². The summed E-state index contributed by atoms with van der Waals surface area (Å²) < 4.78 is 0. The van der Waals surface area contributed by atoms with Crippen molar-refractivity contribution in [3.8, 4) is 0 Å². The number of benzene rings is 1. The minimum atomic E-state index is -0.0925. The molecule has 3 rings (SSSR count). The molecule has 1 atom stereocenters. The van der Waals surface area contributed by atoms with Gasteiger partial charge in [0.05, 0.1) is 6.04 Å². The number of hydrogen-bond acceptors (Lipinski definition) is 4. The molecule has 1 N–H and O–H groups in total. The maximum Gasteiger partial charge on any atom is 0.251 e. The van der Waals surface area contributed by atoms with Crippen molar-refractivity contribution >= 4 is 5.91 Å². The number of carbonyl (C=O) groups is 1. The molecule has 1 amide bonds. The Bertz CT molecular complexity index is 650. The molecule has 5 nitrogen and oxygen atoms in total. The fourth-order valence-corrected chi connectivity index (χ4v) is 2.65. The number of amides is 1. The van der Waals surface area contributed by atoms with E-state index < -0.39 is 0 Å². The second-order valence-corrected chi connectivity index (χ2v) is 6.33. The van der Waals surface area contributed by atoms with Gasteiger partial charge in [0.15, 0.2) is 5.82 Å². The summed E-state index contributed by atoms with van der Waals surface area (Å²) in [6.45, 7) is 0.866. The van der Waals surface area contributed by atoms with Crippen molar-refractivity contribution in [1.82, 2.24) is 20.2 Å². The van der Waals surface area contributed by atoms with Crippen LogP contribution in [0.25, 0.3) is 0 Å². The van der Waals surface area contributed by atoms with Gasteiger partial charge in [0.25, 0.3) is 5.91 Å². The zero-order valence-electron chi connectivity index (χ0n) is 13.6. The first kappa shape index (κ1) is 15.6. The van der Waals surface area contributed by atoms with Gasteiger partial charge < -0.3 is 10.2 Å². The molecule has 1 unspecified atom stereocenters. The first-order valence-electron chi connectivity index (χ1n) is 7.95. The van der Waals surface area contributed by atoms with Gasteiger partial charge in [0.1, 0.15) is 0 Å². The van der Waals surface area contributed by atoms with E-state index in [1.54, 1.807) is 18.5 Å². The van der Waals surface area contributed by atoms with Crippen LogP contribution in [0.15, 0.2) is 42.7 Å². The summed E-state index contributed by atoms with van der Waals surface area (Å²) in [6, 6.07) is 9.46. The summed E-state index contributed by atoms with van der Waals surface area (Å²) in [7, 11) is 4.06. The lowest BCUT2D eigenvalue weighted by Crippen LogP contribution is -2.31. The van der Waals surface area contributed by atoms with Crippen LogP contribution in [0.2, 0.25) is 0 Å². The molecule has 120 valence electrons. The number of rotatable bonds is 6. The highest BCUT2D eigenvalue weighted by Crippen LogP contribution is 2.39. The fraction of sp³-hybridized carbons (Fsp3) is 0.389. The Balaban J connectivity index is 1.70. The topological polar surface area (TPSA) is 58.1 Å². The second-order valence-electron chi connectivity index (χ2n) is 6.33. The summed E-state index contributed by atoms with van der Waals surface area (Å²) in [5, 5.41) is 3.10. The highest BCUT2D eigenvalue weighted by molar-refractivity contribution is 5.94. The largest absolute Gasteiger partial charge is 0.342 e. The maximum atomic E-state index is 12.5. The summed E-state index contributed by atoms with van der Waals surface area (Å²) in [5.41, 5.74) is 1.87. The Morgan fingerprint density at radius 1 is 1.22 bits per heavy atom. The number of nitrogens with one attached hydrogen (secondary N) is 1. The standard InChI is InChI=1S/C18H22N4O/c1-22(2)12-13-4-6-15(7-5-13)18(23)21-16(14-8-9-14)17-19-10-3-11-20-17/h3-7,10-11,14,16H,8-9,12H2,1-2H3,(H,21,23). The van der Waals surface area contributed by atoms with E-state index in [0.717, 1.165) is 19.4 Å². The van der Waals surface area contributed by atoms with E-state index in [1.807, 2.05) is 38.4 Å². The van der Waals surface area contributed by atoms with E-state index in [9.17, 15) is 4.79 Å². The van der Waals surface area contributed by atoms with Crippen LogP contribution in [-0.2, 0) is 6.54 Å². The molecule has 0 saturated heterocycles. The zero-order valence-corrected chi connectivity index (χ0v) is 13.6. The van der Waals surface area contributed by atoms with Crippen LogP contribution in [0.5, 0.6) is 0 Å². The maximum absolute atomic E-state index is 12.5. The molecule has 1 saturated carbocycles. The average molecular weight is 310 g/mol. The van der Waals surface area contributed by atoms with E-state index >= 15 is 0 Å². The van der Waals surface area contributed by atoms with E-state index in [4.69, 9.17) is 0 Å². The van der Waals surface area contributed by atoms with Crippen molar-refractivity contribution in [3.05, 3.63) is 59.7 Å². The summed E-state index contributed by atoms with van der Waals surface area (Å²) >= 11 is 0. The van der Waals surface area contributed by atoms with Crippen molar-refractivity contribution < 1.29 is 4.79 Å². The number of hydrogen-bond donors (Lipinski definition) is 1. The Hall–Kier alpha value is -2.27. The molecule has 23 heavy (non-hydrogen) atoms. The Morgan fingerprint density at radius 2 is 1.87 bits per heavy atom. The van der Waals surface area contributed by atoms with Crippen molar-refractivity contribution in [2.75, 3.05) is 14.1 Å². The van der Waals surface area contributed by atoms with Gasteiger partial charge in [-0.2, -0.15) is 0 Å². The predicted molar refractivity (Wildman–Crippen MR) is 88.8 cm³/mol. The molecule has 5 heteroatoms. The monoisotopic (exact) mass is 310 g/mol. The molecule has 1 aromatic heterocycles. The molecule has 1 aliphatic carbocycles. The van der Waals surface area contributed by atoms with Gasteiger partial charge in [-0.3, -0.25) is 4.79 Å². The minimum absolute atomic E-state index is 0.0641. The first-order chi connectivity index (χ1) is 11.1. The van der Waals surface area contributed by atoms with Crippen LogP contribution in [0, 0.1) is 5.92 Å². The van der Waals surface area contributed by atoms with Crippen molar-refractivity contribution in [2.45, 2.75) is 25.4 Å². The average Bonchev–Trinajstić information content (AvgIpc) is 3.38. The molecule has 0 radical (unpaired) electrons. The van der Waals surface area contributed by atoms with Gasteiger partial charge in [-0.1, -0.05) is 12.1 Å². The predicted octanol–water partition coefficient (Wildman–Crippen LogP) is 2.42. The third-order valence-corrected chi connectivity index (χ3v) is 3.96. The number of aromatic nitrogens is 2. The molecule has 1 fully saturated rings. The van der Waals surface area contributed by atoms with Crippen LogP contribution in [0.1, 0.15) is 40.6 Å². The molecular weight excluding hydrogens is 288 g/mol. The van der Waals surface area contributed by atoms with Gasteiger partial charge >= 0.3 is 0 Å². The van der Waals surface area contributed by atoms with Crippen LogP contribution < -0.4 is 5.32 Å². The summed E-state index contributed by atoms with van der Waals surface area (Å²) in [5.74, 6) is 1.09. The number of carbonyl (C=O) groups excluding carboxylic acids is 1. The second kappa shape index (κ2) is 6.87. The Labute approximate surface area is 136 Å². The van der Waals surface area contributed by atoms with Gasteiger partial charge in [0, 0.05) is 24.5 Å². The molecule has 0 aliphatic heterocycles. The van der Waals surface area contributed by atoms with Crippen molar-refractivity contribution in [3.63, 3.8) is 0 Å². The molecule has 2 aromatic rings. The lowest BCUT2D eigenvalue weighted by atomic mass is 10.1. The van der Waals surface area contributed by atoms with Crippen LogP contribution in [0.3, 0.4) is 0 Å². The third kappa shape index (κ3) is 4.13. The van der Waals surface area contributed by atoms with Crippen LogP contribution >= 0.6 is 0 Å². The van der Waals surface area contributed by atoms with E-state index in [2.05, 4.69) is 20.2 Å². The quantitative estimate of drug-likeness (QED) is 0.890. The first-order valence-corrected chi connectivity index (χ1v) is 7.95. The molecule has 1 heterocycles. The van der Waals surface area contributed by atoms with Crippen LogP contribution in [0.4, 0.5) is 0 Å².